The predicted molar refractivity (Wildman–Crippen MR) is 109 cm³/mol. The maximum absolute atomic E-state index is 12.3. The van der Waals surface area contributed by atoms with Gasteiger partial charge in [-0.15, -0.1) is 11.3 Å². The van der Waals surface area contributed by atoms with E-state index in [2.05, 4.69) is 21.6 Å². The van der Waals surface area contributed by atoms with Crippen LogP contribution in [0.2, 0.25) is 0 Å². The molecule has 1 aliphatic heterocycles. The molecule has 0 saturated carbocycles. The molecule has 2 N–H and O–H groups in total. The summed E-state index contributed by atoms with van der Waals surface area (Å²) in [6, 6.07) is 7.71. The summed E-state index contributed by atoms with van der Waals surface area (Å²) in [6.45, 7) is 6.43. The van der Waals surface area contributed by atoms with Gasteiger partial charge < -0.3 is 10.6 Å². The number of amides is 2. The highest BCUT2D eigenvalue weighted by molar-refractivity contribution is 7.18. The Bertz CT molecular complexity index is 758. The van der Waals surface area contributed by atoms with Crippen molar-refractivity contribution in [3.63, 3.8) is 0 Å². The fraction of sp³-hybridized carbons (Fsp3) is 0.550. The number of likely N-dealkylation sites (tertiary alicyclic amines) is 1. The van der Waals surface area contributed by atoms with Gasteiger partial charge in [-0.1, -0.05) is 19.1 Å². The molecular weight excluding hydrogens is 360 g/mol. The molecule has 1 saturated heterocycles. The van der Waals surface area contributed by atoms with Gasteiger partial charge in [0.05, 0.1) is 21.8 Å². The summed E-state index contributed by atoms with van der Waals surface area (Å²) >= 11 is 1.76. The summed E-state index contributed by atoms with van der Waals surface area (Å²) in [4.78, 5) is 31.2. The van der Waals surface area contributed by atoms with Gasteiger partial charge in [0, 0.05) is 19.0 Å². The molecule has 6 nitrogen and oxygen atoms in total. The van der Waals surface area contributed by atoms with Gasteiger partial charge in [-0.2, -0.15) is 0 Å². The van der Waals surface area contributed by atoms with Gasteiger partial charge in [-0.05, 0) is 44.9 Å². The van der Waals surface area contributed by atoms with Gasteiger partial charge in [-0.3, -0.25) is 14.5 Å². The standard InChI is InChI=1S/C20H28N4O2S/c1-3-10-21-19(26)14(2)22-18(25)13-24-11-6-7-15(12-24)20-23-16-8-4-5-9-17(16)27-20/h4-5,8-9,14-15H,3,6-7,10-13H2,1-2H3,(H,21,26)(H,22,25)/t14-,15-/m0/s1. The zero-order valence-corrected chi connectivity index (χ0v) is 16.8. The van der Waals surface area contributed by atoms with Crippen molar-refractivity contribution >= 4 is 33.4 Å². The second-order valence-corrected chi connectivity index (χ2v) is 8.24. The largest absolute Gasteiger partial charge is 0.354 e. The maximum Gasteiger partial charge on any atom is 0.242 e. The number of rotatable bonds is 7. The van der Waals surface area contributed by atoms with Crippen molar-refractivity contribution in [3.8, 4) is 0 Å². The number of hydrogen-bond donors (Lipinski definition) is 2. The number of thiazole rings is 1. The lowest BCUT2D eigenvalue weighted by Crippen LogP contribution is -2.49. The predicted octanol–water partition coefficient (Wildman–Crippen LogP) is 2.51. The summed E-state index contributed by atoms with van der Waals surface area (Å²) in [5, 5.41) is 6.78. The smallest absolute Gasteiger partial charge is 0.242 e. The van der Waals surface area contributed by atoms with Crippen LogP contribution in [0.15, 0.2) is 24.3 Å². The Morgan fingerprint density at radius 1 is 1.37 bits per heavy atom. The molecule has 1 fully saturated rings. The molecule has 0 unspecified atom stereocenters. The Labute approximate surface area is 164 Å². The molecule has 0 radical (unpaired) electrons. The topological polar surface area (TPSA) is 74.3 Å². The third-order valence-electron chi connectivity index (χ3n) is 4.85. The van der Waals surface area contributed by atoms with Crippen LogP contribution in [0.25, 0.3) is 10.2 Å². The number of fused-ring (bicyclic) bond motifs is 1. The first kappa shape index (κ1) is 19.8. The summed E-state index contributed by atoms with van der Waals surface area (Å²) < 4.78 is 1.22. The number of aromatic nitrogens is 1. The highest BCUT2D eigenvalue weighted by atomic mass is 32.1. The Morgan fingerprint density at radius 3 is 2.96 bits per heavy atom. The molecule has 0 spiro atoms. The van der Waals surface area contributed by atoms with E-state index in [1.165, 1.54) is 4.70 Å². The van der Waals surface area contributed by atoms with Crippen LogP contribution in [0.5, 0.6) is 0 Å². The molecule has 1 aromatic carbocycles. The zero-order valence-electron chi connectivity index (χ0n) is 16.0. The molecule has 146 valence electrons. The number of nitrogens with zero attached hydrogens (tertiary/aromatic N) is 2. The first-order valence-electron chi connectivity index (χ1n) is 9.71. The van der Waals surface area contributed by atoms with Gasteiger partial charge in [0.15, 0.2) is 0 Å². The maximum atomic E-state index is 12.3. The van der Waals surface area contributed by atoms with E-state index in [0.29, 0.717) is 19.0 Å². The first-order chi connectivity index (χ1) is 13.1. The lowest BCUT2D eigenvalue weighted by atomic mass is 9.99. The summed E-state index contributed by atoms with van der Waals surface area (Å²) in [5.74, 6) is 0.143. The molecule has 3 rings (SSSR count). The van der Waals surface area contributed by atoms with Crippen molar-refractivity contribution < 1.29 is 9.59 Å². The van der Waals surface area contributed by atoms with Gasteiger partial charge in [-0.25, -0.2) is 4.98 Å². The van der Waals surface area contributed by atoms with Crippen molar-refractivity contribution in [3.05, 3.63) is 29.3 Å². The quantitative estimate of drug-likeness (QED) is 0.764. The minimum Gasteiger partial charge on any atom is -0.354 e. The number of carbonyl (C=O) groups is 2. The average Bonchev–Trinajstić information content (AvgIpc) is 3.10. The van der Waals surface area contributed by atoms with E-state index in [-0.39, 0.29) is 11.8 Å². The molecule has 0 bridgehead atoms. The van der Waals surface area contributed by atoms with Crippen molar-refractivity contribution in [2.24, 2.45) is 0 Å². The van der Waals surface area contributed by atoms with Crippen LogP contribution in [0, 0.1) is 0 Å². The van der Waals surface area contributed by atoms with E-state index in [4.69, 9.17) is 4.98 Å². The average molecular weight is 389 g/mol. The van der Waals surface area contributed by atoms with Crippen LogP contribution in [0.3, 0.4) is 0 Å². The first-order valence-corrected chi connectivity index (χ1v) is 10.5. The Kier molecular flexibility index (Phi) is 6.79. The van der Waals surface area contributed by atoms with Gasteiger partial charge in [0.25, 0.3) is 0 Å². The summed E-state index contributed by atoms with van der Waals surface area (Å²) in [5.41, 5.74) is 1.05. The monoisotopic (exact) mass is 388 g/mol. The lowest BCUT2D eigenvalue weighted by molar-refractivity contribution is -0.129. The Morgan fingerprint density at radius 2 is 2.19 bits per heavy atom. The molecule has 2 atom stereocenters. The second-order valence-electron chi connectivity index (χ2n) is 7.17. The molecule has 0 aliphatic carbocycles. The van der Waals surface area contributed by atoms with Crippen molar-refractivity contribution in [1.82, 2.24) is 20.5 Å². The number of carbonyl (C=O) groups excluding carboxylic acids is 2. The third-order valence-corrected chi connectivity index (χ3v) is 6.05. The third kappa shape index (κ3) is 5.26. The molecule has 27 heavy (non-hydrogen) atoms. The molecule has 2 aromatic rings. The minimum absolute atomic E-state index is 0.0981. The van der Waals surface area contributed by atoms with Gasteiger partial charge >= 0.3 is 0 Å². The minimum atomic E-state index is -0.506. The zero-order chi connectivity index (χ0) is 19.2. The number of piperidine rings is 1. The number of benzene rings is 1. The van der Waals surface area contributed by atoms with E-state index < -0.39 is 6.04 Å². The second kappa shape index (κ2) is 9.28. The summed E-state index contributed by atoms with van der Waals surface area (Å²) in [7, 11) is 0. The van der Waals surface area contributed by atoms with E-state index >= 15 is 0 Å². The molecule has 7 heteroatoms. The van der Waals surface area contributed by atoms with Crippen LogP contribution >= 0.6 is 11.3 Å². The van der Waals surface area contributed by atoms with Gasteiger partial charge in [0.2, 0.25) is 11.8 Å². The lowest BCUT2D eigenvalue weighted by Gasteiger charge is -2.31. The fourth-order valence-corrected chi connectivity index (χ4v) is 4.52. The van der Waals surface area contributed by atoms with Crippen LogP contribution in [-0.2, 0) is 9.59 Å². The Balaban J connectivity index is 1.53. The number of para-hydroxylation sites is 1. The normalized spacial score (nSPS) is 19.0. The van der Waals surface area contributed by atoms with Crippen molar-refractivity contribution in [1.29, 1.82) is 0 Å². The summed E-state index contributed by atoms with van der Waals surface area (Å²) in [6.07, 6.45) is 3.04. The molecule has 2 amide bonds. The highest BCUT2D eigenvalue weighted by Gasteiger charge is 2.26. The van der Waals surface area contributed by atoms with E-state index in [9.17, 15) is 9.59 Å². The van der Waals surface area contributed by atoms with E-state index in [0.717, 1.165) is 42.9 Å². The SMILES string of the molecule is CCCNC(=O)[C@H](C)NC(=O)CN1CCC[C@H](c2nc3ccccc3s2)C1. The Hall–Kier alpha value is -1.99. The molecule has 1 aliphatic rings. The molecular formula is C20H28N4O2S. The molecule has 2 heterocycles. The molecule has 1 aromatic heterocycles. The van der Waals surface area contributed by atoms with Crippen LogP contribution in [0.4, 0.5) is 0 Å². The van der Waals surface area contributed by atoms with Crippen LogP contribution in [-0.4, -0.2) is 53.9 Å². The fourth-order valence-electron chi connectivity index (χ4n) is 3.42. The van der Waals surface area contributed by atoms with Crippen molar-refractivity contribution in [2.75, 3.05) is 26.2 Å². The van der Waals surface area contributed by atoms with Gasteiger partial charge in [0.1, 0.15) is 6.04 Å². The van der Waals surface area contributed by atoms with Crippen LogP contribution < -0.4 is 10.6 Å². The number of hydrogen-bond acceptors (Lipinski definition) is 5. The van der Waals surface area contributed by atoms with Crippen LogP contribution in [0.1, 0.15) is 44.0 Å². The van der Waals surface area contributed by atoms with E-state index in [1.807, 2.05) is 25.1 Å². The van der Waals surface area contributed by atoms with Crippen molar-refractivity contribution in [2.45, 2.75) is 45.1 Å². The number of nitrogens with one attached hydrogen (secondary N) is 2. The van der Waals surface area contributed by atoms with E-state index in [1.54, 1.807) is 18.3 Å². The highest BCUT2D eigenvalue weighted by Crippen LogP contribution is 2.32.